The quantitative estimate of drug-likeness (QED) is 0.861. The van der Waals surface area contributed by atoms with Crippen LogP contribution in [0.3, 0.4) is 0 Å². The molecule has 1 saturated carbocycles. The number of fused-ring (bicyclic) bond motifs is 1. The molecule has 4 heteroatoms. The average molecular weight is 251 g/mol. The first-order valence-electron chi connectivity index (χ1n) is 6.27. The van der Waals surface area contributed by atoms with Crippen molar-refractivity contribution in [3.8, 4) is 0 Å². The number of thiophene rings is 1. The van der Waals surface area contributed by atoms with Crippen molar-refractivity contribution >= 4 is 17.2 Å². The van der Waals surface area contributed by atoms with Gasteiger partial charge in [0.15, 0.2) is 0 Å². The van der Waals surface area contributed by atoms with Gasteiger partial charge in [0.25, 0.3) is 5.91 Å². The van der Waals surface area contributed by atoms with Crippen molar-refractivity contribution in [2.24, 2.45) is 0 Å². The first-order valence-corrected chi connectivity index (χ1v) is 7.09. The molecule has 2 aliphatic carbocycles. The molecule has 0 aromatic carbocycles. The average Bonchev–Trinajstić information content (AvgIpc) is 2.98. The van der Waals surface area contributed by atoms with Gasteiger partial charge in [-0.05, 0) is 50.2 Å². The number of carbonyl (C=O) groups excluding carboxylic acids is 1. The first-order chi connectivity index (χ1) is 8.22. The topological polar surface area (TPSA) is 49.3 Å². The van der Waals surface area contributed by atoms with Crippen LogP contribution in [-0.2, 0) is 12.8 Å². The summed E-state index contributed by atoms with van der Waals surface area (Å²) in [7, 11) is 0. The van der Waals surface area contributed by atoms with E-state index in [0.29, 0.717) is 0 Å². The lowest BCUT2D eigenvalue weighted by Gasteiger charge is -2.12. The Morgan fingerprint density at radius 2 is 2.18 bits per heavy atom. The van der Waals surface area contributed by atoms with E-state index in [-0.39, 0.29) is 18.1 Å². The number of aryl methyl sites for hydroxylation is 2. The Bertz CT molecular complexity index is 425. The third-order valence-electron chi connectivity index (χ3n) is 3.76. The highest BCUT2D eigenvalue weighted by Crippen LogP contribution is 2.36. The van der Waals surface area contributed by atoms with E-state index in [1.165, 1.54) is 23.3 Å². The number of nitrogens with one attached hydrogen (secondary N) is 1. The van der Waals surface area contributed by atoms with Gasteiger partial charge in [0.05, 0.1) is 17.0 Å². The van der Waals surface area contributed by atoms with Crippen molar-refractivity contribution in [2.75, 3.05) is 6.61 Å². The van der Waals surface area contributed by atoms with Crippen molar-refractivity contribution in [3.63, 3.8) is 0 Å². The molecule has 0 radical (unpaired) electrons. The summed E-state index contributed by atoms with van der Waals surface area (Å²) in [5.41, 5.74) is 1.06. The number of aliphatic hydroxyl groups is 1. The van der Waals surface area contributed by atoms with Gasteiger partial charge in [0.1, 0.15) is 0 Å². The van der Waals surface area contributed by atoms with Crippen molar-refractivity contribution in [3.05, 3.63) is 21.4 Å². The van der Waals surface area contributed by atoms with Gasteiger partial charge in [0.2, 0.25) is 0 Å². The van der Waals surface area contributed by atoms with Gasteiger partial charge in [-0.25, -0.2) is 0 Å². The van der Waals surface area contributed by atoms with Crippen LogP contribution in [0.4, 0.5) is 0 Å². The predicted octanol–water partition coefficient (Wildman–Crippen LogP) is 1.88. The molecular formula is C13H17NO2S. The fraction of sp³-hybridized carbons (Fsp3) is 0.615. The Hall–Kier alpha value is -0.870. The first kappa shape index (κ1) is 11.2. The third kappa shape index (κ3) is 2.11. The van der Waals surface area contributed by atoms with E-state index in [0.717, 1.165) is 30.6 Å². The van der Waals surface area contributed by atoms with Crippen molar-refractivity contribution < 1.29 is 9.90 Å². The van der Waals surface area contributed by atoms with Gasteiger partial charge in [-0.2, -0.15) is 0 Å². The van der Waals surface area contributed by atoms with Crippen LogP contribution in [0.2, 0.25) is 0 Å². The fourth-order valence-corrected chi connectivity index (χ4v) is 3.53. The van der Waals surface area contributed by atoms with E-state index < -0.39 is 0 Å². The molecule has 3 rings (SSSR count). The van der Waals surface area contributed by atoms with E-state index in [4.69, 9.17) is 0 Å². The fourth-order valence-electron chi connectivity index (χ4n) is 2.38. The third-order valence-corrected chi connectivity index (χ3v) is 4.99. The van der Waals surface area contributed by atoms with Crippen LogP contribution in [0.5, 0.6) is 0 Å². The summed E-state index contributed by atoms with van der Waals surface area (Å²) in [5.74, 6) is -0.00375. The lowest BCUT2D eigenvalue weighted by molar-refractivity contribution is 0.0911. The maximum absolute atomic E-state index is 12.1. The Morgan fingerprint density at radius 1 is 1.41 bits per heavy atom. The maximum Gasteiger partial charge on any atom is 0.261 e. The van der Waals surface area contributed by atoms with Crippen LogP contribution in [0, 0.1) is 0 Å². The van der Waals surface area contributed by atoms with E-state index >= 15 is 0 Å². The second kappa shape index (κ2) is 4.10. The van der Waals surface area contributed by atoms with E-state index in [1.54, 1.807) is 11.3 Å². The minimum Gasteiger partial charge on any atom is -0.394 e. The summed E-state index contributed by atoms with van der Waals surface area (Å²) in [6.07, 6.45) is 6.53. The molecule has 0 bridgehead atoms. The number of hydrogen-bond acceptors (Lipinski definition) is 3. The highest BCUT2D eigenvalue weighted by atomic mass is 32.1. The van der Waals surface area contributed by atoms with Crippen LogP contribution in [-0.4, -0.2) is 23.2 Å². The SMILES string of the molecule is O=C(NC1(CO)CC1)c1cc2c(s1)CCCC2. The Labute approximate surface area is 105 Å². The summed E-state index contributed by atoms with van der Waals surface area (Å²) in [4.78, 5) is 14.3. The van der Waals surface area contributed by atoms with E-state index in [1.807, 2.05) is 6.07 Å². The lowest BCUT2D eigenvalue weighted by atomic mass is 9.99. The van der Waals surface area contributed by atoms with Crippen LogP contribution >= 0.6 is 11.3 Å². The minimum atomic E-state index is -0.304. The van der Waals surface area contributed by atoms with Crippen LogP contribution in [0.15, 0.2) is 6.07 Å². The molecule has 1 aromatic heterocycles. The van der Waals surface area contributed by atoms with Crippen molar-refractivity contribution in [1.29, 1.82) is 0 Å². The summed E-state index contributed by atoms with van der Waals surface area (Å²) < 4.78 is 0. The molecule has 17 heavy (non-hydrogen) atoms. The monoisotopic (exact) mass is 251 g/mol. The van der Waals surface area contributed by atoms with Crippen LogP contribution in [0.1, 0.15) is 45.8 Å². The Morgan fingerprint density at radius 3 is 2.82 bits per heavy atom. The van der Waals surface area contributed by atoms with E-state index in [2.05, 4.69) is 5.32 Å². The standard InChI is InChI=1S/C13H17NO2S/c15-8-13(5-6-13)14-12(16)11-7-9-3-1-2-4-10(9)17-11/h7,15H,1-6,8H2,(H,14,16). The summed E-state index contributed by atoms with van der Waals surface area (Å²) in [6, 6.07) is 2.04. The number of carbonyl (C=O) groups is 1. The highest BCUT2D eigenvalue weighted by molar-refractivity contribution is 7.14. The van der Waals surface area contributed by atoms with Gasteiger partial charge in [0, 0.05) is 4.88 Å². The summed E-state index contributed by atoms with van der Waals surface area (Å²) in [5, 5.41) is 12.2. The van der Waals surface area contributed by atoms with Gasteiger partial charge in [-0.15, -0.1) is 11.3 Å². The number of rotatable bonds is 3. The normalized spacial score (nSPS) is 20.8. The molecule has 2 N–H and O–H groups in total. The van der Waals surface area contributed by atoms with E-state index in [9.17, 15) is 9.90 Å². The van der Waals surface area contributed by atoms with Gasteiger partial charge in [-0.3, -0.25) is 4.79 Å². The van der Waals surface area contributed by atoms with Crippen molar-refractivity contribution in [1.82, 2.24) is 5.32 Å². The second-order valence-electron chi connectivity index (χ2n) is 5.16. The Balaban J connectivity index is 1.75. The molecule has 0 spiro atoms. The summed E-state index contributed by atoms with van der Waals surface area (Å²) in [6.45, 7) is 0.0594. The van der Waals surface area contributed by atoms with Crippen LogP contribution < -0.4 is 5.32 Å². The number of amides is 1. The molecular weight excluding hydrogens is 234 g/mol. The zero-order valence-electron chi connectivity index (χ0n) is 9.79. The molecule has 0 unspecified atom stereocenters. The molecule has 1 fully saturated rings. The molecule has 1 aromatic rings. The smallest absolute Gasteiger partial charge is 0.261 e. The molecule has 0 aliphatic heterocycles. The van der Waals surface area contributed by atoms with Gasteiger partial charge in [-0.1, -0.05) is 0 Å². The lowest BCUT2D eigenvalue weighted by Crippen LogP contribution is -2.39. The number of aliphatic hydroxyl groups excluding tert-OH is 1. The minimum absolute atomic E-state index is 0.00375. The molecule has 0 atom stereocenters. The molecule has 92 valence electrons. The zero-order chi connectivity index (χ0) is 11.9. The second-order valence-corrected chi connectivity index (χ2v) is 6.30. The largest absolute Gasteiger partial charge is 0.394 e. The van der Waals surface area contributed by atoms with Gasteiger partial charge < -0.3 is 10.4 Å². The molecule has 3 nitrogen and oxygen atoms in total. The number of hydrogen-bond donors (Lipinski definition) is 2. The molecule has 1 heterocycles. The molecule has 2 aliphatic rings. The highest BCUT2D eigenvalue weighted by Gasteiger charge is 2.43. The molecule has 1 amide bonds. The van der Waals surface area contributed by atoms with Gasteiger partial charge >= 0.3 is 0 Å². The zero-order valence-corrected chi connectivity index (χ0v) is 10.6. The molecule has 0 saturated heterocycles. The summed E-state index contributed by atoms with van der Waals surface area (Å²) >= 11 is 1.63. The van der Waals surface area contributed by atoms with Crippen molar-refractivity contribution in [2.45, 2.75) is 44.1 Å². The van der Waals surface area contributed by atoms with Crippen LogP contribution in [0.25, 0.3) is 0 Å². The maximum atomic E-state index is 12.1. The Kier molecular flexibility index (Phi) is 2.71. The predicted molar refractivity (Wildman–Crippen MR) is 67.5 cm³/mol.